The number of carbonyl (C=O) groups excluding carboxylic acids is 2. The molecule has 1 aliphatic rings. The van der Waals surface area contributed by atoms with Gasteiger partial charge in [0.25, 0.3) is 0 Å². The Morgan fingerprint density at radius 1 is 1.39 bits per heavy atom. The van der Waals surface area contributed by atoms with Gasteiger partial charge in [-0.15, -0.1) is 0 Å². The molecule has 1 aliphatic heterocycles. The molecule has 0 aliphatic carbocycles. The Kier molecular flexibility index (Phi) is 13.9. The minimum atomic E-state index is -2.33. The Balaban J connectivity index is 0. The zero-order chi connectivity index (χ0) is 12.0. The summed E-state index contributed by atoms with van der Waals surface area (Å²) in [6, 6.07) is 3.56. The number of pyridine rings is 1. The number of carbonyl (C=O) groups is 2. The molecule has 2 heterocycles. The van der Waals surface area contributed by atoms with E-state index in [0.29, 0.717) is 24.6 Å². The van der Waals surface area contributed by atoms with Crippen molar-refractivity contribution in [3.05, 3.63) is 18.3 Å². The number of nitrogens with one attached hydrogen (secondary N) is 1. The van der Waals surface area contributed by atoms with Crippen LogP contribution in [0.4, 0.5) is 10.6 Å². The van der Waals surface area contributed by atoms with Gasteiger partial charge in [-0.3, -0.25) is 4.79 Å². The molecular weight excluding hydrogens is 294 g/mol. The molecule has 18 heavy (non-hydrogen) atoms. The minimum absolute atomic E-state index is 0. The normalized spacial score (nSPS) is 11.7. The number of rotatable bonds is 0. The zero-order valence-corrected chi connectivity index (χ0v) is 16.4. The van der Waals surface area contributed by atoms with Crippen LogP contribution in [0.1, 0.15) is 6.42 Å². The monoisotopic (exact) mass is 302 g/mol. The zero-order valence-electron chi connectivity index (χ0n) is 10.1. The first-order valence-corrected chi connectivity index (χ1v) is 4.35. The summed E-state index contributed by atoms with van der Waals surface area (Å²) < 4.78 is 5.27. The van der Waals surface area contributed by atoms with Crippen LogP contribution in [0, 0.1) is 0 Å². The molecule has 0 aromatic carbocycles. The van der Waals surface area contributed by atoms with Crippen molar-refractivity contribution in [2.24, 2.45) is 0 Å². The summed E-state index contributed by atoms with van der Waals surface area (Å²) in [6.07, 6.45) is -0.329. The first kappa shape index (κ1) is 21.3. The molecule has 1 N–H and O–H groups in total. The summed E-state index contributed by atoms with van der Waals surface area (Å²) in [7, 11) is 0. The summed E-state index contributed by atoms with van der Waals surface area (Å²) in [5.41, 5.74) is 0. The number of nitrogens with zero attached hydrogens (tertiary/aromatic N) is 1. The molecule has 0 bridgehead atoms. The van der Waals surface area contributed by atoms with Crippen LogP contribution < -0.4 is 123 Å². The summed E-state index contributed by atoms with van der Waals surface area (Å²) >= 11 is 0. The molecule has 0 spiro atoms. The quantitative estimate of drug-likeness (QED) is 0.476. The summed E-state index contributed by atoms with van der Waals surface area (Å²) in [4.78, 5) is 23.3. The molecule has 1 aromatic heterocycles. The molecule has 1 amide bonds. The van der Waals surface area contributed by atoms with E-state index in [2.05, 4.69) is 10.3 Å². The van der Waals surface area contributed by atoms with Crippen molar-refractivity contribution in [3.8, 4) is 5.75 Å². The minimum Gasteiger partial charge on any atom is -0.652 e. The van der Waals surface area contributed by atoms with Crippen LogP contribution >= 0.6 is 0 Å². The van der Waals surface area contributed by atoms with Crippen molar-refractivity contribution in [2.75, 3.05) is 11.9 Å². The van der Waals surface area contributed by atoms with E-state index in [1.165, 1.54) is 0 Å². The van der Waals surface area contributed by atoms with Gasteiger partial charge in [-0.1, -0.05) is 0 Å². The van der Waals surface area contributed by atoms with E-state index in [1.54, 1.807) is 18.3 Å². The van der Waals surface area contributed by atoms with Gasteiger partial charge in [0, 0.05) is 6.20 Å². The van der Waals surface area contributed by atoms with Crippen molar-refractivity contribution < 1.29 is 127 Å². The second-order valence-corrected chi connectivity index (χ2v) is 2.75. The van der Waals surface area contributed by atoms with Crippen LogP contribution in [0.5, 0.6) is 5.75 Å². The van der Waals surface area contributed by atoms with Crippen LogP contribution in [-0.2, 0) is 4.79 Å². The van der Waals surface area contributed by atoms with E-state index in [-0.39, 0.29) is 109 Å². The van der Waals surface area contributed by atoms with E-state index in [1.807, 2.05) is 0 Å². The molecule has 0 unspecified atom stereocenters. The molecule has 0 saturated heterocycles. The van der Waals surface area contributed by atoms with E-state index in [0.717, 1.165) is 0 Å². The Labute approximate surface area is 189 Å². The van der Waals surface area contributed by atoms with Gasteiger partial charge in [0.2, 0.25) is 5.91 Å². The van der Waals surface area contributed by atoms with Gasteiger partial charge in [-0.05, 0) is 18.3 Å². The van der Waals surface area contributed by atoms with Gasteiger partial charge >= 0.3 is 103 Å². The standard InChI is InChI=1S/C8H8N2O2.CH2O3.2K/c11-7-3-5-12-6-2-1-4-9-8(6)10-7;2-1(3)4;;/h1-2,4H,3,5H2,(H,9,10,11);(H2,2,3,4);;/q;;2*+1/p-2. The second-order valence-electron chi connectivity index (χ2n) is 2.75. The maximum absolute atomic E-state index is 11.0. The molecule has 86 valence electrons. The van der Waals surface area contributed by atoms with Crippen molar-refractivity contribution >= 4 is 17.9 Å². The number of hydrogen-bond donors (Lipinski definition) is 1. The van der Waals surface area contributed by atoms with Crippen LogP contribution in [0.3, 0.4) is 0 Å². The SMILES string of the molecule is O=C([O-])[O-].O=C1CCOc2cccnc2N1.[K+].[K+]. The molecule has 2 rings (SSSR count). The van der Waals surface area contributed by atoms with E-state index < -0.39 is 6.16 Å². The number of carboxylic acid groups (broad SMARTS) is 2. The average molecular weight is 302 g/mol. The van der Waals surface area contributed by atoms with Gasteiger partial charge in [-0.25, -0.2) is 4.98 Å². The fraction of sp³-hybridized carbons (Fsp3) is 0.222. The third-order valence-corrected chi connectivity index (χ3v) is 1.62. The second kappa shape index (κ2) is 11.8. The third-order valence-electron chi connectivity index (χ3n) is 1.62. The molecular formula is C9H8K2N2O5. The third kappa shape index (κ3) is 8.96. The van der Waals surface area contributed by atoms with Crippen LogP contribution in [0.15, 0.2) is 18.3 Å². The number of ether oxygens (including phenoxy) is 1. The maximum atomic E-state index is 11.0. The van der Waals surface area contributed by atoms with Crippen molar-refractivity contribution in [2.45, 2.75) is 6.42 Å². The fourth-order valence-corrected chi connectivity index (χ4v) is 1.05. The Morgan fingerprint density at radius 2 is 2.00 bits per heavy atom. The Bertz CT molecular complexity index is 398. The maximum Gasteiger partial charge on any atom is 1.00 e. The van der Waals surface area contributed by atoms with E-state index >= 15 is 0 Å². The molecule has 0 atom stereocenters. The smallest absolute Gasteiger partial charge is 0.652 e. The van der Waals surface area contributed by atoms with Gasteiger partial charge in [0.05, 0.1) is 13.0 Å². The molecule has 1 aromatic rings. The fourth-order valence-electron chi connectivity index (χ4n) is 1.05. The summed E-state index contributed by atoms with van der Waals surface area (Å²) in [5, 5.41) is 19.3. The Hall–Kier alpha value is 0.963. The average Bonchev–Trinajstić information content (AvgIpc) is 2.37. The van der Waals surface area contributed by atoms with Crippen LogP contribution in [0.2, 0.25) is 0 Å². The number of anilines is 1. The van der Waals surface area contributed by atoms with Gasteiger partial charge in [0.1, 0.15) is 0 Å². The van der Waals surface area contributed by atoms with Crippen LogP contribution in [0.25, 0.3) is 0 Å². The predicted octanol–water partition coefficient (Wildman–Crippen LogP) is -7.64. The topological polar surface area (TPSA) is 114 Å². The van der Waals surface area contributed by atoms with E-state index in [4.69, 9.17) is 19.7 Å². The number of fused-ring (bicyclic) bond motifs is 1. The summed E-state index contributed by atoms with van der Waals surface area (Å²) in [5.74, 6) is 1.11. The molecule has 0 radical (unpaired) electrons. The molecule has 7 nitrogen and oxygen atoms in total. The van der Waals surface area contributed by atoms with Crippen molar-refractivity contribution in [1.29, 1.82) is 0 Å². The predicted molar refractivity (Wildman–Crippen MR) is 48.4 cm³/mol. The van der Waals surface area contributed by atoms with E-state index in [9.17, 15) is 4.79 Å². The first-order valence-electron chi connectivity index (χ1n) is 4.35. The molecule has 0 saturated carbocycles. The largest absolute Gasteiger partial charge is 1.00 e. The molecule has 9 heteroatoms. The molecule has 0 fully saturated rings. The van der Waals surface area contributed by atoms with Crippen LogP contribution in [-0.4, -0.2) is 23.7 Å². The van der Waals surface area contributed by atoms with Gasteiger partial charge in [0.15, 0.2) is 11.6 Å². The summed E-state index contributed by atoms with van der Waals surface area (Å²) in [6.45, 7) is 0.421. The van der Waals surface area contributed by atoms with Crippen molar-refractivity contribution in [3.63, 3.8) is 0 Å². The number of hydrogen-bond acceptors (Lipinski definition) is 6. The number of aromatic nitrogens is 1. The van der Waals surface area contributed by atoms with Crippen molar-refractivity contribution in [1.82, 2.24) is 4.98 Å². The van der Waals surface area contributed by atoms with Gasteiger partial charge in [-0.2, -0.15) is 0 Å². The Morgan fingerprint density at radius 3 is 2.61 bits per heavy atom. The first-order chi connectivity index (χ1) is 7.59. The number of amides is 1. The van der Waals surface area contributed by atoms with Gasteiger partial charge < -0.3 is 25.1 Å².